The Bertz CT molecular complexity index is 853. The highest BCUT2D eigenvalue weighted by Crippen LogP contribution is 2.34. The SMILES string of the molecule is COc1cccc([C@@H]2CCCN2Cc2cc(=O)n(C)c(=O)n2C)c1. The van der Waals surface area contributed by atoms with Crippen LogP contribution in [0.15, 0.2) is 39.9 Å². The lowest BCUT2D eigenvalue weighted by Crippen LogP contribution is -2.39. The molecule has 0 bridgehead atoms. The molecule has 6 heteroatoms. The summed E-state index contributed by atoms with van der Waals surface area (Å²) in [5.41, 5.74) is 1.42. The Kier molecular flexibility index (Phi) is 4.57. The fourth-order valence-corrected chi connectivity index (χ4v) is 3.38. The zero-order valence-corrected chi connectivity index (χ0v) is 14.4. The summed E-state index contributed by atoms with van der Waals surface area (Å²) in [5, 5.41) is 0. The Morgan fingerprint density at radius 2 is 1.96 bits per heavy atom. The number of rotatable bonds is 4. The Balaban J connectivity index is 1.90. The quantitative estimate of drug-likeness (QED) is 0.851. The van der Waals surface area contributed by atoms with Gasteiger partial charge in [0.1, 0.15) is 5.75 Å². The van der Waals surface area contributed by atoms with Gasteiger partial charge in [0, 0.05) is 38.4 Å². The molecule has 24 heavy (non-hydrogen) atoms. The Hall–Kier alpha value is -2.34. The minimum Gasteiger partial charge on any atom is -0.497 e. The van der Waals surface area contributed by atoms with Gasteiger partial charge in [-0.2, -0.15) is 0 Å². The molecule has 6 nitrogen and oxygen atoms in total. The fraction of sp³-hybridized carbons (Fsp3) is 0.444. The van der Waals surface area contributed by atoms with Crippen LogP contribution in [0.5, 0.6) is 5.75 Å². The van der Waals surface area contributed by atoms with Crippen LogP contribution in [0.4, 0.5) is 0 Å². The summed E-state index contributed by atoms with van der Waals surface area (Å²) in [6.07, 6.45) is 2.16. The molecule has 1 aliphatic heterocycles. The first-order valence-electron chi connectivity index (χ1n) is 8.15. The second-order valence-electron chi connectivity index (χ2n) is 6.28. The van der Waals surface area contributed by atoms with E-state index >= 15 is 0 Å². The number of ether oxygens (including phenoxy) is 1. The van der Waals surface area contributed by atoms with Crippen molar-refractivity contribution in [2.45, 2.75) is 25.4 Å². The van der Waals surface area contributed by atoms with Crippen molar-refractivity contribution < 1.29 is 4.74 Å². The zero-order valence-electron chi connectivity index (χ0n) is 14.4. The van der Waals surface area contributed by atoms with E-state index in [1.165, 1.54) is 12.6 Å². The minimum atomic E-state index is -0.283. The highest BCUT2D eigenvalue weighted by Gasteiger charge is 2.27. The smallest absolute Gasteiger partial charge is 0.330 e. The fourth-order valence-electron chi connectivity index (χ4n) is 3.38. The maximum Gasteiger partial charge on any atom is 0.330 e. The third kappa shape index (κ3) is 3.01. The van der Waals surface area contributed by atoms with Crippen molar-refractivity contribution in [1.29, 1.82) is 0 Å². The van der Waals surface area contributed by atoms with E-state index in [1.54, 1.807) is 24.8 Å². The van der Waals surface area contributed by atoms with Crippen molar-refractivity contribution in [1.82, 2.24) is 14.0 Å². The van der Waals surface area contributed by atoms with Gasteiger partial charge in [-0.25, -0.2) is 4.79 Å². The lowest BCUT2D eigenvalue weighted by atomic mass is 10.0. The minimum absolute atomic E-state index is 0.259. The van der Waals surface area contributed by atoms with Crippen LogP contribution in [0, 0.1) is 0 Å². The highest BCUT2D eigenvalue weighted by atomic mass is 16.5. The summed E-state index contributed by atoms with van der Waals surface area (Å²) < 4.78 is 8.01. The molecule has 1 aromatic carbocycles. The summed E-state index contributed by atoms with van der Waals surface area (Å²) in [4.78, 5) is 26.4. The summed E-state index contributed by atoms with van der Waals surface area (Å²) in [7, 11) is 4.89. The average molecular weight is 329 g/mol. The molecule has 1 saturated heterocycles. The molecule has 1 fully saturated rings. The van der Waals surface area contributed by atoms with Crippen molar-refractivity contribution in [3.63, 3.8) is 0 Å². The first-order chi connectivity index (χ1) is 11.5. The van der Waals surface area contributed by atoms with Crippen LogP contribution < -0.4 is 16.0 Å². The van der Waals surface area contributed by atoms with Gasteiger partial charge in [-0.1, -0.05) is 12.1 Å². The van der Waals surface area contributed by atoms with Crippen LogP contribution in [0.3, 0.4) is 0 Å². The predicted octanol–water partition coefficient (Wildman–Crippen LogP) is 1.43. The largest absolute Gasteiger partial charge is 0.497 e. The topological polar surface area (TPSA) is 56.5 Å². The number of hydrogen-bond donors (Lipinski definition) is 0. The number of likely N-dealkylation sites (tertiary alicyclic amines) is 1. The number of aromatic nitrogens is 2. The predicted molar refractivity (Wildman–Crippen MR) is 92.3 cm³/mol. The molecule has 0 unspecified atom stereocenters. The van der Waals surface area contributed by atoms with Crippen molar-refractivity contribution in [2.75, 3.05) is 13.7 Å². The van der Waals surface area contributed by atoms with Crippen molar-refractivity contribution in [3.8, 4) is 5.75 Å². The first kappa shape index (κ1) is 16.5. The molecule has 0 aliphatic carbocycles. The van der Waals surface area contributed by atoms with Crippen LogP contribution in [0.1, 0.15) is 30.1 Å². The normalized spacial score (nSPS) is 18.0. The van der Waals surface area contributed by atoms with Gasteiger partial charge < -0.3 is 4.74 Å². The van der Waals surface area contributed by atoms with Crippen LogP contribution in [0.25, 0.3) is 0 Å². The van der Waals surface area contributed by atoms with E-state index < -0.39 is 0 Å². The van der Waals surface area contributed by atoms with Crippen LogP contribution >= 0.6 is 0 Å². The molecule has 0 radical (unpaired) electrons. The van der Waals surface area contributed by atoms with Crippen LogP contribution in [0.2, 0.25) is 0 Å². The van der Waals surface area contributed by atoms with Crippen molar-refractivity contribution >= 4 is 0 Å². The molecule has 0 N–H and O–H groups in total. The average Bonchev–Trinajstić information content (AvgIpc) is 3.06. The molecule has 3 rings (SSSR count). The van der Waals surface area contributed by atoms with Gasteiger partial charge in [-0.3, -0.25) is 18.8 Å². The van der Waals surface area contributed by atoms with Gasteiger partial charge in [-0.15, -0.1) is 0 Å². The van der Waals surface area contributed by atoms with Gasteiger partial charge in [-0.05, 0) is 37.1 Å². The van der Waals surface area contributed by atoms with E-state index in [2.05, 4.69) is 17.0 Å². The monoisotopic (exact) mass is 329 g/mol. The lowest BCUT2D eigenvalue weighted by molar-refractivity contribution is 0.241. The molecule has 0 spiro atoms. The Labute approximate surface area is 140 Å². The third-order valence-electron chi connectivity index (χ3n) is 4.83. The van der Waals surface area contributed by atoms with E-state index in [-0.39, 0.29) is 17.3 Å². The first-order valence-corrected chi connectivity index (χ1v) is 8.15. The van der Waals surface area contributed by atoms with Crippen LogP contribution in [-0.4, -0.2) is 27.7 Å². The molecule has 2 heterocycles. The second kappa shape index (κ2) is 6.65. The van der Waals surface area contributed by atoms with E-state index in [0.717, 1.165) is 35.4 Å². The highest BCUT2D eigenvalue weighted by molar-refractivity contribution is 5.31. The Morgan fingerprint density at radius 3 is 2.71 bits per heavy atom. The molecule has 1 aromatic heterocycles. The Morgan fingerprint density at radius 1 is 1.17 bits per heavy atom. The third-order valence-corrected chi connectivity index (χ3v) is 4.83. The molecule has 128 valence electrons. The zero-order chi connectivity index (χ0) is 17.3. The number of nitrogens with zero attached hydrogens (tertiary/aromatic N) is 3. The summed E-state index contributed by atoms with van der Waals surface area (Å²) in [6, 6.07) is 9.94. The van der Waals surface area contributed by atoms with Gasteiger partial charge >= 0.3 is 5.69 Å². The van der Waals surface area contributed by atoms with E-state index in [1.807, 2.05) is 12.1 Å². The number of benzene rings is 1. The van der Waals surface area contributed by atoms with Crippen molar-refractivity contribution in [2.24, 2.45) is 14.1 Å². The molecule has 1 aliphatic rings. The molecule has 0 amide bonds. The standard InChI is InChI=1S/C18H23N3O3/c1-19-14(11-17(22)20(2)18(19)23)12-21-9-5-8-16(21)13-6-4-7-15(10-13)24-3/h4,6-7,10-11,16H,5,8-9,12H2,1-3H3/t16-/m0/s1. The molecular weight excluding hydrogens is 306 g/mol. The molecule has 0 saturated carbocycles. The van der Waals surface area contributed by atoms with Gasteiger partial charge in [0.2, 0.25) is 0 Å². The number of methoxy groups -OCH3 is 1. The lowest BCUT2D eigenvalue weighted by Gasteiger charge is -2.26. The summed E-state index contributed by atoms with van der Waals surface area (Å²) in [6.45, 7) is 1.54. The van der Waals surface area contributed by atoms with Gasteiger partial charge in [0.05, 0.1) is 7.11 Å². The second-order valence-corrected chi connectivity index (χ2v) is 6.28. The summed E-state index contributed by atoms with van der Waals surface area (Å²) in [5.74, 6) is 0.848. The molecule has 2 aromatic rings. The van der Waals surface area contributed by atoms with Gasteiger partial charge in [0.25, 0.3) is 5.56 Å². The number of hydrogen-bond acceptors (Lipinski definition) is 4. The van der Waals surface area contributed by atoms with E-state index in [9.17, 15) is 9.59 Å². The summed E-state index contributed by atoms with van der Waals surface area (Å²) >= 11 is 0. The van der Waals surface area contributed by atoms with Gasteiger partial charge in [0.15, 0.2) is 0 Å². The van der Waals surface area contributed by atoms with Crippen molar-refractivity contribution in [3.05, 3.63) is 62.4 Å². The maximum atomic E-state index is 12.1. The maximum absolute atomic E-state index is 12.1. The molecule has 1 atom stereocenters. The van der Waals surface area contributed by atoms with Crippen LogP contribution in [-0.2, 0) is 20.6 Å². The molecular formula is C18H23N3O3. The van der Waals surface area contributed by atoms with E-state index in [4.69, 9.17) is 4.74 Å². The van der Waals surface area contributed by atoms with E-state index in [0.29, 0.717) is 6.54 Å².